The maximum atomic E-state index is 11.5. The minimum absolute atomic E-state index is 0.0796. The Hall–Kier alpha value is -0.690. The summed E-state index contributed by atoms with van der Waals surface area (Å²) in [6.45, 7) is 3.58. The first-order chi connectivity index (χ1) is 6.67. The van der Waals surface area contributed by atoms with Crippen molar-refractivity contribution in [2.75, 3.05) is 25.1 Å². The van der Waals surface area contributed by atoms with Crippen molar-refractivity contribution in [3.63, 3.8) is 0 Å². The second-order valence-corrected chi connectivity index (χ2v) is 4.80. The molecule has 14 heavy (non-hydrogen) atoms. The molecule has 3 nitrogen and oxygen atoms in total. The molecule has 1 heterocycles. The number of thioether (sulfide) groups is 1. The Balaban J connectivity index is 2.39. The van der Waals surface area contributed by atoms with E-state index in [9.17, 15) is 4.79 Å². The van der Waals surface area contributed by atoms with Gasteiger partial charge in [0.15, 0.2) is 0 Å². The number of hydrogen-bond acceptors (Lipinski definition) is 3. The van der Waals surface area contributed by atoms with E-state index in [0.29, 0.717) is 18.9 Å². The number of rotatable bonds is 4. The van der Waals surface area contributed by atoms with Crippen molar-refractivity contribution in [1.82, 2.24) is 4.90 Å². The van der Waals surface area contributed by atoms with Crippen LogP contribution in [0.15, 0.2) is 0 Å². The zero-order valence-electron chi connectivity index (χ0n) is 8.69. The van der Waals surface area contributed by atoms with Crippen LogP contribution in [0.3, 0.4) is 0 Å². The second-order valence-electron chi connectivity index (χ2n) is 3.89. The zero-order chi connectivity index (χ0) is 10.6. The van der Waals surface area contributed by atoms with Gasteiger partial charge in [0, 0.05) is 19.5 Å². The minimum atomic E-state index is -0.0796. The van der Waals surface area contributed by atoms with Crippen molar-refractivity contribution < 1.29 is 4.79 Å². The molecule has 1 amide bonds. The van der Waals surface area contributed by atoms with Crippen LogP contribution in [-0.2, 0) is 4.79 Å². The molecule has 78 valence electrons. The van der Waals surface area contributed by atoms with Crippen molar-refractivity contribution >= 4 is 17.7 Å². The van der Waals surface area contributed by atoms with E-state index in [0.717, 1.165) is 12.3 Å². The van der Waals surface area contributed by atoms with Crippen LogP contribution in [0.4, 0.5) is 0 Å². The molecule has 0 bridgehead atoms. The number of carbonyl (C=O) groups is 1. The quantitative estimate of drug-likeness (QED) is 0.706. The number of nitriles is 1. The number of hydrogen-bond donors (Lipinski definition) is 0. The predicted octanol–water partition coefficient (Wildman–Crippen LogP) is 1.36. The van der Waals surface area contributed by atoms with Gasteiger partial charge in [0.1, 0.15) is 0 Å². The minimum Gasteiger partial charge on any atom is -0.341 e. The highest BCUT2D eigenvalue weighted by atomic mass is 32.2. The predicted molar refractivity (Wildman–Crippen MR) is 57.8 cm³/mol. The van der Waals surface area contributed by atoms with Crippen molar-refractivity contribution in [2.45, 2.75) is 13.3 Å². The van der Waals surface area contributed by atoms with Crippen molar-refractivity contribution in [2.24, 2.45) is 11.8 Å². The zero-order valence-corrected chi connectivity index (χ0v) is 9.51. The average molecular weight is 212 g/mol. The fourth-order valence-corrected chi connectivity index (χ4v) is 2.42. The fraction of sp³-hybridized carbons (Fsp3) is 0.800. The lowest BCUT2D eigenvalue weighted by Gasteiger charge is -2.20. The van der Waals surface area contributed by atoms with Gasteiger partial charge in [-0.15, -0.1) is 0 Å². The van der Waals surface area contributed by atoms with E-state index in [1.165, 1.54) is 0 Å². The van der Waals surface area contributed by atoms with Crippen LogP contribution < -0.4 is 0 Å². The van der Waals surface area contributed by atoms with Crippen LogP contribution in [0, 0.1) is 23.2 Å². The number of carbonyl (C=O) groups excluding carboxylic acids is 1. The van der Waals surface area contributed by atoms with E-state index >= 15 is 0 Å². The van der Waals surface area contributed by atoms with E-state index in [2.05, 4.69) is 19.2 Å². The lowest BCUT2D eigenvalue weighted by atomic mass is 10.1. The number of likely N-dealkylation sites (tertiary alicyclic amines) is 1. The van der Waals surface area contributed by atoms with Gasteiger partial charge >= 0.3 is 0 Å². The van der Waals surface area contributed by atoms with E-state index in [-0.39, 0.29) is 11.8 Å². The molecule has 0 spiro atoms. The lowest BCUT2D eigenvalue weighted by molar-refractivity contribution is -0.128. The van der Waals surface area contributed by atoms with Gasteiger partial charge in [-0.1, -0.05) is 6.92 Å². The first-order valence-electron chi connectivity index (χ1n) is 4.83. The molecule has 1 saturated heterocycles. The molecule has 1 aliphatic rings. The Morgan fingerprint density at radius 2 is 2.50 bits per heavy atom. The molecule has 2 unspecified atom stereocenters. The molecular weight excluding hydrogens is 196 g/mol. The second kappa shape index (κ2) is 5.26. The van der Waals surface area contributed by atoms with Gasteiger partial charge in [0.05, 0.1) is 12.0 Å². The van der Waals surface area contributed by atoms with Crippen LogP contribution in [0.5, 0.6) is 0 Å². The molecule has 1 fully saturated rings. The fourth-order valence-electron chi connectivity index (χ4n) is 1.75. The van der Waals surface area contributed by atoms with Crippen LogP contribution in [0.1, 0.15) is 13.3 Å². The third-order valence-corrected chi connectivity index (χ3v) is 3.28. The summed E-state index contributed by atoms with van der Waals surface area (Å²) in [6, 6.07) is 2.16. The van der Waals surface area contributed by atoms with Crippen LogP contribution >= 0.6 is 11.8 Å². The van der Waals surface area contributed by atoms with Crippen molar-refractivity contribution in [3.05, 3.63) is 0 Å². The van der Waals surface area contributed by atoms with Crippen LogP contribution in [0.25, 0.3) is 0 Å². The standard InChI is InChI=1S/C10H16N2OS/c1-8(7-14-2)5-12-6-9(4-11)3-10(12)13/h8-9H,3,5-7H2,1-2H3. The van der Waals surface area contributed by atoms with Crippen molar-refractivity contribution in [3.8, 4) is 6.07 Å². The van der Waals surface area contributed by atoms with E-state index in [4.69, 9.17) is 5.26 Å². The first kappa shape index (κ1) is 11.4. The average Bonchev–Trinajstić information content (AvgIpc) is 2.48. The van der Waals surface area contributed by atoms with Gasteiger partial charge < -0.3 is 4.90 Å². The molecule has 0 aromatic rings. The summed E-state index contributed by atoms with van der Waals surface area (Å²) >= 11 is 1.80. The summed E-state index contributed by atoms with van der Waals surface area (Å²) < 4.78 is 0. The Labute approximate surface area is 89.5 Å². The molecule has 1 aliphatic heterocycles. The smallest absolute Gasteiger partial charge is 0.224 e. The van der Waals surface area contributed by atoms with Gasteiger partial charge in [0.2, 0.25) is 5.91 Å². The molecular formula is C10H16N2OS. The highest BCUT2D eigenvalue weighted by Gasteiger charge is 2.29. The van der Waals surface area contributed by atoms with E-state index < -0.39 is 0 Å². The van der Waals surface area contributed by atoms with Gasteiger partial charge in [-0.2, -0.15) is 17.0 Å². The highest BCUT2D eigenvalue weighted by molar-refractivity contribution is 7.98. The molecule has 0 aliphatic carbocycles. The van der Waals surface area contributed by atoms with Crippen LogP contribution in [0.2, 0.25) is 0 Å². The number of nitrogens with zero attached hydrogens (tertiary/aromatic N) is 2. The molecule has 0 N–H and O–H groups in total. The molecule has 0 aromatic carbocycles. The van der Waals surface area contributed by atoms with Gasteiger partial charge in [-0.05, 0) is 17.9 Å². The van der Waals surface area contributed by atoms with E-state index in [1.807, 2.05) is 4.90 Å². The maximum absolute atomic E-state index is 11.5. The van der Waals surface area contributed by atoms with Gasteiger partial charge in [-0.3, -0.25) is 4.79 Å². The Kier molecular flexibility index (Phi) is 4.27. The lowest BCUT2D eigenvalue weighted by Crippen LogP contribution is -2.30. The summed E-state index contributed by atoms with van der Waals surface area (Å²) in [5.74, 6) is 1.65. The van der Waals surface area contributed by atoms with Gasteiger partial charge in [-0.25, -0.2) is 0 Å². The molecule has 0 saturated carbocycles. The topological polar surface area (TPSA) is 44.1 Å². The summed E-state index contributed by atoms with van der Waals surface area (Å²) in [4.78, 5) is 13.3. The molecule has 4 heteroatoms. The molecule has 0 radical (unpaired) electrons. The van der Waals surface area contributed by atoms with Crippen molar-refractivity contribution in [1.29, 1.82) is 5.26 Å². The normalized spacial score (nSPS) is 23.6. The monoisotopic (exact) mass is 212 g/mol. The molecule has 2 atom stereocenters. The van der Waals surface area contributed by atoms with Crippen LogP contribution in [-0.4, -0.2) is 35.9 Å². The Bertz CT molecular complexity index is 249. The third-order valence-electron chi connectivity index (χ3n) is 2.38. The summed E-state index contributed by atoms with van der Waals surface area (Å²) in [6.07, 6.45) is 2.49. The van der Waals surface area contributed by atoms with Gasteiger partial charge in [0.25, 0.3) is 0 Å². The summed E-state index contributed by atoms with van der Waals surface area (Å²) in [7, 11) is 0. The summed E-state index contributed by atoms with van der Waals surface area (Å²) in [5, 5.41) is 8.71. The Morgan fingerprint density at radius 1 is 1.79 bits per heavy atom. The summed E-state index contributed by atoms with van der Waals surface area (Å²) in [5.41, 5.74) is 0. The third kappa shape index (κ3) is 2.91. The molecule has 0 aromatic heterocycles. The first-order valence-corrected chi connectivity index (χ1v) is 6.23. The largest absolute Gasteiger partial charge is 0.341 e. The SMILES string of the molecule is CSCC(C)CN1CC(C#N)CC1=O. The Morgan fingerprint density at radius 3 is 3.00 bits per heavy atom. The van der Waals surface area contributed by atoms with E-state index in [1.54, 1.807) is 11.8 Å². The molecule has 1 rings (SSSR count). The highest BCUT2D eigenvalue weighted by Crippen LogP contribution is 2.18. The maximum Gasteiger partial charge on any atom is 0.224 e. The number of amides is 1.